The molecule has 0 spiro atoms. The summed E-state index contributed by atoms with van der Waals surface area (Å²) < 4.78 is 5.28. The van der Waals surface area contributed by atoms with Crippen LogP contribution in [0.2, 0.25) is 0 Å². The number of aliphatic imine (C=N–C) groups is 1. The lowest BCUT2D eigenvalue weighted by molar-refractivity contribution is 0.0674. The van der Waals surface area contributed by atoms with Crippen molar-refractivity contribution in [2.75, 3.05) is 52.5 Å². The van der Waals surface area contributed by atoms with Crippen LogP contribution in [0.5, 0.6) is 0 Å². The van der Waals surface area contributed by atoms with Crippen LogP contribution in [0.3, 0.4) is 0 Å². The largest absolute Gasteiger partial charge is 0.378 e. The summed E-state index contributed by atoms with van der Waals surface area (Å²) in [5.74, 6) is 0.690. The third-order valence-electron chi connectivity index (χ3n) is 3.44. The molecular weight excluding hydrogens is 343 g/mol. The lowest BCUT2D eigenvalue weighted by Gasteiger charge is -2.27. The van der Waals surface area contributed by atoms with Gasteiger partial charge in [0.15, 0.2) is 5.96 Å². The van der Waals surface area contributed by atoms with Crippen LogP contribution >= 0.6 is 24.0 Å². The molecule has 0 unspecified atom stereocenters. The van der Waals surface area contributed by atoms with Crippen LogP contribution in [0.4, 0.5) is 0 Å². The van der Waals surface area contributed by atoms with Gasteiger partial charge in [-0.15, -0.1) is 24.0 Å². The van der Waals surface area contributed by atoms with Crippen LogP contribution in [0.25, 0.3) is 0 Å². The molecule has 0 aromatic rings. The fraction of sp³-hybridized carbons (Fsp3) is 0.917. The van der Waals surface area contributed by atoms with Gasteiger partial charge in [0.25, 0.3) is 0 Å². The zero-order chi connectivity index (χ0) is 11.9. The van der Waals surface area contributed by atoms with Crippen LogP contribution in [0.1, 0.15) is 19.3 Å². The second-order valence-corrected chi connectivity index (χ2v) is 4.74. The van der Waals surface area contributed by atoms with E-state index in [1.165, 1.54) is 32.5 Å². The van der Waals surface area contributed by atoms with Gasteiger partial charge < -0.3 is 20.3 Å². The first-order valence-corrected chi connectivity index (χ1v) is 6.71. The molecule has 0 radical (unpaired) electrons. The van der Waals surface area contributed by atoms with Gasteiger partial charge in [-0.3, -0.25) is 4.99 Å². The Balaban J connectivity index is 0.00000162. The van der Waals surface area contributed by atoms with Gasteiger partial charge in [-0.05, 0) is 38.9 Å². The molecule has 0 aromatic heterocycles. The summed E-state index contributed by atoms with van der Waals surface area (Å²) in [6, 6.07) is 0. The number of morpholine rings is 1. The lowest BCUT2D eigenvalue weighted by Crippen LogP contribution is -2.44. The molecule has 2 N–H and O–H groups in total. The average Bonchev–Trinajstić information content (AvgIpc) is 2.88. The SMILES string of the molecule is I.NC(=NCCCN1CCCC1)N1CCOCC1. The molecule has 2 rings (SSSR count). The summed E-state index contributed by atoms with van der Waals surface area (Å²) in [6.45, 7) is 7.84. The summed E-state index contributed by atoms with van der Waals surface area (Å²) >= 11 is 0. The van der Waals surface area contributed by atoms with E-state index in [9.17, 15) is 0 Å². The molecule has 0 aliphatic carbocycles. The number of rotatable bonds is 4. The average molecular weight is 368 g/mol. The molecule has 2 fully saturated rings. The summed E-state index contributed by atoms with van der Waals surface area (Å²) in [6.07, 6.45) is 3.84. The maximum atomic E-state index is 5.95. The molecule has 0 bridgehead atoms. The molecule has 2 aliphatic rings. The zero-order valence-corrected chi connectivity index (χ0v) is 13.3. The molecule has 2 saturated heterocycles. The van der Waals surface area contributed by atoms with E-state index < -0.39 is 0 Å². The first kappa shape index (κ1) is 16.0. The third-order valence-corrected chi connectivity index (χ3v) is 3.44. The van der Waals surface area contributed by atoms with Gasteiger partial charge in [0.1, 0.15) is 0 Å². The Morgan fingerprint density at radius 2 is 1.78 bits per heavy atom. The quantitative estimate of drug-likeness (QED) is 0.344. The smallest absolute Gasteiger partial charge is 0.191 e. The highest BCUT2D eigenvalue weighted by molar-refractivity contribution is 14.0. The number of guanidine groups is 1. The van der Waals surface area contributed by atoms with Gasteiger partial charge in [0.2, 0.25) is 0 Å². The summed E-state index contributed by atoms with van der Waals surface area (Å²) in [5, 5.41) is 0. The van der Waals surface area contributed by atoms with Crippen molar-refractivity contribution in [1.29, 1.82) is 0 Å². The molecular formula is C12H25IN4O. The molecule has 0 amide bonds. The van der Waals surface area contributed by atoms with E-state index in [1.54, 1.807) is 0 Å². The molecule has 18 heavy (non-hydrogen) atoms. The Hall–Kier alpha value is -0.0800. The Bertz CT molecular complexity index is 250. The molecule has 2 heterocycles. The van der Waals surface area contributed by atoms with Crippen molar-refractivity contribution in [2.45, 2.75) is 19.3 Å². The number of hydrogen-bond acceptors (Lipinski definition) is 3. The lowest BCUT2D eigenvalue weighted by atomic mass is 10.4. The van der Waals surface area contributed by atoms with Crippen molar-refractivity contribution in [3.63, 3.8) is 0 Å². The molecule has 106 valence electrons. The highest BCUT2D eigenvalue weighted by atomic mass is 127. The van der Waals surface area contributed by atoms with Crippen LogP contribution in [-0.2, 0) is 4.74 Å². The molecule has 0 aromatic carbocycles. The van der Waals surface area contributed by atoms with Crippen molar-refractivity contribution < 1.29 is 4.74 Å². The second-order valence-electron chi connectivity index (χ2n) is 4.74. The van der Waals surface area contributed by atoms with Crippen molar-refractivity contribution in [3.05, 3.63) is 0 Å². The van der Waals surface area contributed by atoms with Gasteiger partial charge in [0, 0.05) is 19.6 Å². The Morgan fingerprint density at radius 1 is 1.11 bits per heavy atom. The van der Waals surface area contributed by atoms with Crippen LogP contribution in [0.15, 0.2) is 4.99 Å². The van der Waals surface area contributed by atoms with E-state index in [0.29, 0.717) is 5.96 Å². The Morgan fingerprint density at radius 3 is 2.44 bits per heavy atom. The maximum Gasteiger partial charge on any atom is 0.191 e. The fourth-order valence-electron chi connectivity index (χ4n) is 2.39. The summed E-state index contributed by atoms with van der Waals surface area (Å²) in [7, 11) is 0. The molecule has 0 saturated carbocycles. The van der Waals surface area contributed by atoms with Gasteiger partial charge in [-0.2, -0.15) is 0 Å². The second kappa shape index (κ2) is 8.92. The topological polar surface area (TPSA) is 54.1 Å². The van der Waals surface area contributed by atoms with Gasteiger partial charge >= 0.3 is 0 Å². The number of halogens is 1. The zero-order valence-electron chi connectivity index (χ0n) is 11.0. The van der Waals surface area contributed by atoms with E-state index in [2.05, 4.69) is 14.8 Å². The Labute approximate surface area is 127 Å². The number of likely N-dealkylation sites (tertiary alicyclic amines) is 1. The first-order valence-electron chi connectivity index (χ1n) is 6.71. The van der Waals surface area contributed by atoms with E-state index in [1.807, 2.05) is 0 Å². The minimum atomic E-state index is 0. The van der Waals surface area contributed by atoms with Gasteiger partial charge in [-0.25, -0.2) is 0 Å². The van der Waals surface area contributed by atoms with Crippen LogP contribution < -0.4 is 5.73 Å². The number of hydrogen-bond donors (Lipinski definition) is 1. The van der Waals surface area contributed by atoms with Crippen molar-refractivity contribution in [1.82, 2.24) is 9.80 Å². The molecule has 5 nitrogen and oxygen atoms in total. The highest BCUT2D eigenvalue weighted by Crippen LogP contribution is 2.07. The molecule has 0 atom stereocenters. The summed E-state index contributed by atoms with van der Waals surface area (Å²) in [5.41, 5.74) is 5.95. The van der Waals surface area contributed by atoms with E-state index in [4.69, 9.17) is 10.5 Å². The minimum absolute atomic E-state index is 0. The number of ether oxygens (including phenoxy) is 1. The number of nitrogens with zero attached hydrogens (tertiary/aromatic N) is 3. The van der Waals surface area contributed by atoms with Crippen molar-refractivity contribution >= 4 is 29.9 Å². The van der Waals surface area contributed by atoms with Crippen LogP contribution in [0, 0.1) is 0 Å². The highest BCUT2D eigenvalue weighted by Gasteiger charge is 2.12. The minimum Gasteiger partial charge on any atom is -0.378 e. The third kappa shape index (κ3) is 5.27. The predicted molar refractivity (Wildman–Crippen MR) is 84.6 cm³/mol. The van der Waals surface area contributed by atoms with Gasteiger partial charge in [0.05, 0.1) is 13.2 Å². The first-order chi connectivity index (χ1) is 8.36. The van der Waals surface area contributed by atoms with Crippen molar-refractivity contribution in [3.8, 4) is 0 Å². The standard InChI is InChI=1S/C12H24N4O.HI/c13-12(16-8-10-17-11-9-16)14-4-3-7-15-5-1-2-6-15;/h1-11H2,(H2,13,14);1H. The van der Waals surface area contributed by atoms with Crippen LogP contribution in [-0.4, -0.2) is 68.2 Å². The monoisotopic (exact) mass is 368 g/mol. The normalized spacial score (nSPS) is 22.0. The fourth-order valence-corrected chi connectivity index (χ4v) is 2.39. The van der Waals surface area contributed by atoms with E-state index in [-0.39, 0.29) is 24.0 Å². The van der Waals surface area contributed by atoms with Crippen molar-refractivity contribution in [2.24, 2.45) is 10.7 Å². The maximum absolute atomic E-state index is 5.95. The summed E-state index contributed by atoms with van der Waals surface area (Å²) in [4.78, 5) is 9.07. The van der Waals surface area contributed by atoms with E-state index in [0.717, 1.165) is 39.3 Å². The molecule has 2 aliphatic heterocycles. The number of nitrogens with two attached hydrogens (primary N) is 1. The van der Waals surface area contributed by atoms with E-state index >= 15 is 0 Å². The molecule has 6 heteroatoms. The van der Waals surface area contributed by atoms with Gasteiger partial charge in [-0.1, -0.05) is 0 Å². The Kier molecular flexibility index (Phi) is 7.92. The predicted octanol–water partition coefficient (Wildman–Crippen LogP) is 0.737.